The first-order chi connectivity index (χ1) is 10.0. The summed E-state index contributed by atoms with van der Waals surface area (Å²) in [7, 11) is 0. The topological polar surface area (TPSA) is 37.9 Å². The molecule has 1 aromatic heterocycles. The Morgan fingerprint density at radius 2 is 1.71 bits per heavy atom. The van der Waals surface area contributed by atoms with Gasteiger partial charge in [0.15, 0.2) is 6.10 Å². The first kappa shape index (κ1) is 13.7. The number of ether oxygens (including phenoxy) is 1. The number of rotatable bonds is 3. The van der Waals surface area contributed by atoms with Crippen molar-refractivity contribution in [2.75, 3.05) is 0 Å². The van der Waals surface area contributed by atoms with Crippen molar-refractivity contribution in [1.29, 1.82) is 0 Å². The van der Waals surface area contributed by atoms with Crippen molar-refractivity contribution >= 4 is 11.0 Å². The molecule has 0 saturated heterocycles. The van der Waals surface area contributed by atoms with Crippen molar-refractivity contribution in [2.24, 2.45) is 0 Å². The number of imidazole rings is 1. The highest BCUT2D eigenvalue weighted by Crippen LogP contribution is 2.24. The Morgan fingerprint density at radius 1 is 1.00 bits per heavy atom. The smallest absolute Gasteiger partial charge is 0.153 e. The predicted molar refractivity (Wildman–Crippen MR) is 85.8 cm³/mol. The Morgan fingerprint density at radius 3 is 2.43 bits per heavy atom. The summed E-state index contributed by atoms with van der Waals surface area (Å²) in [6.07, 6.45) is -0.111. The van der Waals surface area contributed by atoms with Gasteiger partial charge >= 0.3 is 0 Å². The molecular formula is C18H20N2O. The van der Waals surface area contributed by atoms with Crippen LogP contribution in [0.4, 0.5) is 0 Å². The molecule has 0 radical (unpaired) electrons. The van der Waals surface area contributed by atoms with Gasteiger partial charge in [0, 0.05) is 0 Å². The summed E-state index contributed by atoms with van der Waals surface area (Å²) in [6.45, 7) is 8.27. The molecule has 0 amide bonds. The van der Waals surface area contributed by atoms with Crippen LogP contribution in [0.3, 0.4) is 0 Å². The summed E-state index contributed by atoms with van der Waals surface area (Å²) in [5, 5.41) is 0. The van der Waals surface area contributed by atoms with Crippen LogP contribution in [0.2, 0.25) is 0 Å². The summed E-state index contributed by atoms with van der Waals surface area (Å²) >= 11 is 0. The van der Waals surface area contributed by atoms with Gasteiger partial charge in [0.05, 0.1) is 11.0 Å². The van der Waals surface area contributed by atoms with Gasteiger partial charge in [-0.15, -0.1) is 0 Å². The third-order valence-corrected chi connectivity index (χ3v) is 3.66. The van der Waals surface area contributed by atoms with Crippen molar-refractivity contribution in [3.05, 3.63) is 58.9 Å². The number of hydrogen-bond donors (Lipinski definition) is 1. The standard InChI is InChI=1S/C18H20N2O/c1-11-5-7-15(8-6-11)21-14(4)18-19-16-10-12(2)9-13(3)17(16)20-18/h5-10,14H,1-4H3,(H,19,20)/t14-/m1/s1. The monoisotopic (exact) mass is 280 g/mol. The van der Waals surface area contributed by atoms with Gasteiger partial charge in [0.25, 0.3) is 0 Å². The van der Waals surface area contributed by atoms with Crippen LogP contribution in [-0.2, 0) is 0 Å². The molecule has 0 aliphatic heterocycles. The van der Waals surface area contributed by atoms with Crippen LogP contribution in [0.15, 0.2) is 36.4 Å². The van der Waals surface area contributed by atoms with Crippen LogP contribution in [0, 0.1) is 20.8 Å². The summed E-state index contributed by atoms with van der Waals surface area (Å²) in [6, 6.07) is 12.4. The highest BCUT2D eigenvalue weighted by molar-refractivity contribution is 5.79. The fraction of sp³-hybridized carbons (Fsp3) is 0.278. The van der Waals surface area contributed by atoms with Crippen molar-refractivity contribution in [3.63, 3.8) is 0 Å². The summed E-state index contributed by atoms with van der Waals surface area (Å²) in [4.78, 5) is 8.06. The van der Waals surface area contributed by atoms with Gasteiger partial charge in [-0.2, -0.15) is 0 Å². The van der Waals surface area contributed by atoms with E-state index in [0.29, 0.717) is 0 Å². The Bertz CT molecular complexity index is 772. The molecule has 1 N–H and O–H groups in total. The second-order valence-electron chi connectivity index (χ2n) is 5.67. The molecule has 3 rings (SSSR count). The molecule has 1 atom stereocenters. The van der Waals surface area contributed by atoms with E-state index in [-0.39, 0.29) is 6.10 Å². The quantitative estimate of drug-likeness (QED) is 0.759. The van der Waals surface area contributed by atoms with E-state index in [2.05, 4.69) is 42.9 Å². The Hall–Kier alpha value is -2.29. The second-order valence-corrected chi connectivity index (χ2v) is 5.67. The fourth-order valence-electron chi connectivity index (χ4n) is 2.56. The maximum atomic E-state index is 5.96. The Balaban J connectivity index is 1.89. The summed E-state index contributed by atoms with van der Waals surface area (Å²) in [5.41, 5.74) is 5.75. The third kappa shape index (κ3) is 2.77. The predicted octanol–water partition coefficient (Wildman–Crippen LogP) is 4.63. The van der Waals surface area contributed by atoms with E-state index in [9.17, 15) is 0 Å². The molecule has 2 aromatic carbocycles. The number of aromatic nitrogens is 2. The van der Waals surface area contributed by atoms with Gasteiger partial charge in [-0.1, -0.05) is 23.8 Å². The fourth-order valence-corrected chi connectivity index (χ4v) is 2.56. The van der Waals surface area contributed by atoms with Crippen LogP contribution in [0.5, 0.6) is 5.75 Å². The number of hydrogen-bond acceptors (Lipinski definition) is 2. The second kappa shape index (κ2) is 5.24. The molecular weight excluding hydrogens is 260 g/mol. The molecule has 21 heavy (non-hydrogen) atoms. The van der Waals surface area contributed by atoms with Gasteiger partial charge in [0.2, 0.25) is 0 Å². The first-order valence-corrected chi connectivity index (χ1v) is 7.23. The highest BCUT2D eigenvalue weighted by Gasteiger charge is 2.13. The zero-order chi connectivity index (χ0) is 15.0. The first-order valence-electron chi connectivity index (χ1n) is 7.23. The number of aryl methyl sites for hydroxylation is 3. The van der Waals surface area contributed by atoms with Gasteiger partial charge in [-0.05, 0) is 57.0 Å². The minimum absolute atomic E-state index is 0.111. The molecule has 108 valence electrons. The number of nitrogens with zero attached hydrogens (tertiary/aromatic N) is 1. The number of H-pyrrole nitrogens is 1. The van der Waals surface area contributed by atoms with Crippen LogP contribution in [0.25, 0.3) is 11.0 Å². The lowest BCUT2D eigenvalue weighted by atomic mass is 10.1. The molecule has 0 saturated carbocycles. The van der Waals surface area contributed by atoms with Gasteiger partial charge in [-0.3, -0.25) is 0 Å². The molecule has 0 fully saturated rings. The SMILES string of the molecule is Cc1ccc(O[C@H](C)c2nc3c(C)cc(C)cc3[nH]2)cc1. The number of aromatic amines is 1. The normalized spacial score (nSPS) is 12.6. The van der Waals surface area contributed by atoms with Gasteiger partial charge < -0.3 is 9.72 Å². The van der Waals surface area contributed by atoms with Crippen LogP contribution in [0.1, 0.15) is 35.5 Å². The summed E-state index contributed by atoms with van der Waals surface area (Å²) in [5.74, 6) is 1.72. The molecule has 3 nitrogen and oxygen atoms in total. The average Bonchev–Trinajstić information content (AvgIpc) is 2.85. The lowest BCUT2D eigenvalue weighted by Gasteiger charge is -2.12. The van der Waals surface area contributed by atoms with E-state index in [1.54, 1.807) is 0 Å². The van der Waals surface area contributed by atoms with E-state index in [4.69, 9.17) is 4.74 Å². The van der Waals surface area contributed by atoms with E-state index < -0.39 is 0 Å². The van der Waals surface area contributed by atoms with Crippen LogP contribution >= 0.6 is 0 Å². The lowest BCUT2D eigenvalue weighted by Crippen LogP contribution is -2.04. The molecule has 0 unspecified atom stereocenters. The van der Waals surface area contributed by atoms with Crippen LogP contribution < -0.4 is 4.74 Å². The zero-order valence-corrected chi connectivity index (χ0v) is 12.9. The molecule has 0 aliphatic carbocycles. The Kier molecular flexibility index (Phi) is 3.42. The molecule has 0 bridgehead atoms. The molecule has 3 heteroatoms. The minimum Gasteiger partial charge on any atom is -0.483 e. The van der Waals surface area contributed by atoms with Gasteiger partial charge in [-0.25, -0.2) is 4.98 Å². The maximum absolute atomic E-state index is 5.96. The van der Waals surface area contributed by atoms with E-state index in [0.717, 1.165) is 22.6 Å². The summed E-state index contributed by atoms with van der Waals surface area (Å²) < 4.78 is 5.96. The average molecular weight is 280 g/mol. The lowest BCUT2D eigenvalue weighted by molar-refractivity contribution is 0.218. The van der Waals surface area contributed by atoms with E-state index in [1.807, 2.05) is 31.2 Å². The number of benzene rings is 2. The van der Waals surface area contributed by atoms with Crippen molar-refractivity contribution in [2.45, 2.75) is 33.8 Å². The van der Waals surface area contributed by atoms with Crippen LogP contribution in [-0.4, -0.2) is 9.97 Å². The number of fused-ring (bicyclic) bond motifs is 1. The molecule has 3 aromatic rings. The largest absolute Gasteiger partial charge is 0.483 e. The Labute approximate surface area is 125 Å². The van der Waals surface area contributed by atoms with Gasteiger partial charge in [0.1, 0.15) is 11.6 Å². The third-order valence-electron chi connectivity index (χ3n) is 3.66. The minimum atomic E-state index is -0.111. The molecule has 1 heterocycles. The molecule has 0 spiro atoms. The van der Waals surface area contributed by atoms with Crippen molar-refractivity contribution in [3.8, 4) is 5.75 Å². The zero-order valence-electron chi connectivity index (χ0n) is 12.9. The maximum Gasteiger partial charge on any atom is 0.153 e. The highest BCUT2D eigenvalue weighted by atomic mass is 16.5. The molecule has 0 aliphatic rings. The number of nitrogens with one attached hydrogen (secondary N) is 1. The van der Waals surface area contributed by atoms with Crippen molar-refractivity contribution in [1.82, 2.24) is 9.97 Å². The van der Waals surface area contributed by atoms with E-state index in [1.165, 1.54) is 16.7 Å². The van der Waals surface area contributed by atoms with Crippen molar-refractivity contribution < 1.29 is 4.74 Å². The van der Waals surface area contributed by atoms with E-state index >= 15 is 0 Å².